The molecule has 1 unspecified atom stereocenters. The van der Waals surface area contributed by atoms with Gasteiger partial charge in [-0.05, 0) is 52.6 Å². The summed E-state index contributed by atoms with van der Waals surface area (Å²) in [7, 11) is 0. The van der Waals surface area contributed by atoms with E-state index >= 15 is 0 Å². The first kappa shape index (κ1) is 20.1. The SMILES string of the molecule is CC(C)C(=O)N1CCCC1c1cc2nc(C3CCN(C(C)C)CC3)cc(=O)n2[nH]1. The fourth-order valence-corrected chi connectivity index (χ4v) is 4.81. The van der Waals surface area contributed by atoms with Gasteiger partial charge >= 0.3 is 0 Å². The molecule has 1 N–H and O–H groups in total. The van der Waals surface area contributed by atoms with E-state index in [0.717, 1.165) is 56.7 Å². The van der Waals surface area contributed by atoms with E-state index in [-0.39, 0.29) is 23.4 Å². The van der Waals surface area contributed by atoms with Crippen molar-refractivity contribution in [3.8, 4) is 0 Å². The zero-order chi connectivity index (χ0) is 20.7. The highest BCUT2D eigenvalue weighted by Crippen LogP contribution is 2.33. The van der Waals surface area contributed by atoms with Gasteiger partial charge in [0.05, 0.1) is 17.4 Å². The van der Waals surface area contributed by atoms with E-state index in [1.165, 1.54) is 4.52 Å². The Morgan fingerprint density at radius 3 is 2.48 bits per heavy atom. The number of aromatic amines is 1. The molecular formula is C22H33N5O2. The average Bonchev–Trinajstić information content (AvgIpc) is 3.34. The van der Waals surface area contributed by atoms with Crippen molar-refractivity contribution in [2.45, 2.75) is 71.4 Å². The molecule has 0 aromatic carbocycles. The van der Waals surface area contributed by atoms with Crippen molar-refractivity contribution < 1.29 is 4.79 Å². The molecule has 7 heteroatoms. The molecule has 0 radical (unpaired) electrons. The molecule has 29 heavy (non-hydrogen) atoms. The number of carbonyl (C=O) groups excluding carboxylic acids is 1. The molecule has 2 aromatic rings. The van der Waals surface area contributed by atoms with Crippen LogP contribution in [-0.4, -0.2) is 56.0 Å². The predicted molar refractivity (Wildman–Crippen MR) is 113 cm³/mol. The summed E-state index contributed by atoms with van der Waals surface area (Å²) in [5.41, 5.74) is 2.42. The summed E-state index contributed by atoms with van der Waals surface area (Å²) in [6.45, 7) is 11.2. The highest BCUT2D eigenvalue weighted by Gasteiger charge is 2.32. The Kier molecular flexibility index (Phi) is 5.51. The van der Waals surface area contributed by atoms with Crippen LogP contribution in [0.4, 0.5) is 0 Å². The number of amides is 1. The number of nitrogens with zero attached hydrogens (tertiary/aromatic N) is 4. The number of likely N-dealkylation sites (tertiary alicyclic amines) is 2. The third kappa shape index (κ3) is 3.84. The molecule has 1 atom stereocenters. The van der Waals surface area contributed by atoms with E-state index in [2.05, 4.69) is 23.8 Å². The second kappa shape index (κ2) is 7.94. The Hall–Kier alpha value is -2.15. The van der Waals surface area contributed by atoms with Gasteiger partial charge < -0.3 is 9.80 Å². The van der Waals surface area contributed by atoms with E-state index in [0.29, 0.717) is 17.6 Å². The van der Waals surface area contributed by atoms with Crippen LogP contribution in [-0.2, 0) is 4.79 Å². The molecule has 0 saturated carbocycles. The van der Waals surface area contributed by atoms with E-state index < -0.39 is 0 Å². The van der Waals surface area contributed by atoms with Gasteiger partial charge in [-0.2, -0.15) is 0 Å². The minimum atomic E-state index is -0.0673. The molecule has 1 amide bonds. The summed E-state index contributed by atoms with van der Waals surface area (Å²) in [5.74, 6) is 0.486. The third-order valence-corrected chi connectivity index (χ3v) is 6.56. The number of hydrogen-bond acceptors (Lipinski definition) is 4. The molecule has 158 valence electrons. The maximum Gasteiger partial charge on any atom is 0.272 e. The zero-order valence-corrected chi connectivity index (χ0v) is 18.0. The summed E-state index contributed by atoms with van der Waals surface area (Å²) in [6.07, 6.45) is 3.98. The fourth-order valence-electron chi connectivity index (χ4n) is 4.81. The largest absolute Gasteiger partial charge is 0.334 e. The second-order valence-corrected chi connectivity index (χ2v) is 9.17. The molecule has 0 aliphatic carbocycles. The first-order valence-corrected chi connectivity index (χ1v) is 11.0. The predicted octanol–water partition coefficient (Wildman–Crippen LogP) is 2.93. The maximum atomic E-state index is 12.8. The Morgan fingerprint density at radius 2 is 1.83 bits per heavy atom. The van der Waals surface area contributed by atoms with Crippen molar-refractivity contribution in [3.63, 3.8) is 0 Å². The lowest BCUT2D eigenvalue weighted by molar-refractivity contribution is -0.135. The van der Waals surface area contributed by atoms with E-state index in [9.17, 15) is 9.59 Å². The van der Waals surface area contributed by atoms with Gasteiger partial charge in [0.15, 0.2) is 5.65 Å². The fraction of sp³-hybridized carbons (Fsp3) is 0.682. The van der Waals surface area contributed by atoms with E-state index in [1.54, 1.807) is 6.07 Å². The molecule has 2 saturated heterocycles. The number of hydrogen-bond donors (Lipinski definition) is 1. The van der Waals surface area contributed by atoms with Crippen molar-refractivity contribution in [1.82, 2.24) is 24.4 Å². The van der Waals surface area contributed by atoms with Crippen molar-refractivity contribution >= 4 is 11.6 Å². The smallest absolute Gasteiger partial charge is 0.272 e. The number of aromatic nitrogens is 3. The van der Waals surface area contributed by atoms with Crippen molar-refractivity contribution in [2.24, 2.45) is 5.92 Å². The summed E-state index contributed by atoms with van der Waals surface area (Å²) >= 11 is 0. The van der Waals surface area contributed by atoms with E-state index in [1.807, 2.05) is 24.8 Å². The second-order valence-electron chi connectivity index (χ2n) is 9.17. The number of H-pyrrole nitrogens is 1. The topological polar surface area (TPSA) is 73.7 Å². The monoisotopic (exact) mass is 399 g/mol. The van der Waals surface area contributed by atoms with Crippen LogP contribution in [0.3, 0.4) is 0 Å². The van der Waals surface area contributed by atoms with Crippen LogP contribution in [0.1, 0.15) is 76.7 Å². The molecule has 2 aliphatic heterocycles. The van der Waals surface area contributed by atoms with Gasteiger partial charge in [-0.3, -0.25) is 14.7 Å². The molecule has 2 fully saturated rings. The van der Waals surface area contributed by atoms with Gasteiger partial charge in [0.2, 0.25) is 5.91 Å². The summed E-state index contributed by atoms with van der Waals surface area (Å²) in [4.78, 5) is 34.6. The highest BCUT2D eigenvalue weighted by molar-refractivity contribution is 5.78. The van der Waals surface area contributed by atoms with Crippen molar-refractivity contribution in [3.05, 3.63) is 33.9 Å². The lowest BCUT2D eigenvalue weighted by Crippen LogP contribution is -2.38. The number of carbonyl (C=O) groups is 1. The van der Waals surface area contributed by atoms with Gasteiger partial charge in [0, 0.05) is 36.6 Å². The summed E-state index contributed by atoms with van der Waals surface area (Å²) in [6, 6.07) is 4.22. The van der Waals surface area contributed by atoms with Crippen LogP contribution in [0.2, 0.25) is 0 Å². The molecule has 2 aromatic heterocycles. The van der Waals surface area contributed by atoms with Crippen LogP contribution < -0.4 is 5.56 Å². The quantitative estimate of drug-likeness (QED) is 0.858. The number of fused-ring (bicyclic) bond motifs is 1. The Morgan fingerprint density at radius 1 is 1.10 bits per heavy atom. The van der Waals surface area contributed by atoms with Gasteiger partial charge in [-0.25, -0.2) is 9.50 Å². The van der Waals surface area contributed by atoms with Crippen LogP contribution in [0.5, 0.6) is 0 Å². The maximum absolute atomic E-state index is 12.8. The van der Waals surface area contributed by atoms with Gasteiger partial charge in [0.25, 0.3) is 5.56 Å². The zero-order valence-electron chi connectivity index (χ0n) is 18.0. The van der Waals surface area contributed by atoms with Crippen molar-refractivity contribution in [1.29, 1.82) is 0 Å². The highest BCUT2D eigenvalue weighted by atomic mass is 16.2. The van der Waals surface area contributed by atoms with E-state index in [4.69, 9.17) is 4.98 Å². The van der Waals surface area contributed by atoms with Gasteiger partial charge in [-0.1, -0.05) is 13.8 Å². The molecule has 2 aliphatic rings. The average molecular weight is 400 g/mol. The van der Waals surface area contributed by atoms with Crippen LogP contribution in [0, 0.1) is 5.92 Å². The molecular weight excluding hydrogens is 366 g/mol. The first-order chi connectivity index (χ1) is 13.8. The molecule has 0 bridgehead atoms. The molecule has 4 rings (SSSR count). The minimum Gasteiger partial charge on any atom is -0.334 e. The summed E-state index contributed by atoms with van der Waals surface area (Å²) < 4.78 is 1.53. The summed E-state index contributed by atoms with van der Waals surface area (Å²) in [5, 5.41) is 3.22. The van der Waals surface area contributed by atoms with Crippen LogP contribution in [0.25, 0.3) is 5.65 Å². The van der Waals surface area contributed by atoms with Crippen LogP contribution >= 0.6 is 0 Å². The first-order valence-electron chi connectivity index (χ1n) is 11.0. The Labute approximate surface area is 172 Å². The lowest BCUT2D eigenvalue weighted by Gasteiger charge is -2.34. The molecule has 4 heterocycles. The van der Waals surface area contributed by atoms with Crippen molar-refractivity contribution in [2.75, 3.05) is 19.6 Å². The molecule has 7 nitrogen and oxygen atoms in total. The number of nitrogens with one attached hydrogen (secondary N) is 1. The Bertz CT molecular complexity index is 936. The number of rotatable bonds is 4. The Balaban J connectivity index is 1.60. The van der Waals surface area contributed by atoms with Gasteiger partial charge in [-0.15, -0.1) is 0 Å². The minimum absolute atomic E-state index is 0.00345. The molecule has 0 spiro atoms. The third-order valence-electron chi connectivity index (χ3n) is 6.56. The standard InChI is InChI=1S/C22H33N5O2/c1-14(2)22(29)26-9-5-6-19(26)18-12-20-23-17(13-21(28)27(20)24-18)16-7-10-25(11-8-16)15(3)4/h12-16,19,24H,5-11H2,1-4H3. The lowest BCUT2D eigenvalue weighted by atomic mass is 9.92. The number of piperidine rings is 1. The van der Waals surface area contributed by atoms with Gasteiger partial charge in [0.1, 0.15) is 0 Å². The normalized spacial score (nSPS) is 21.7. The van der Waals surface area contributed by atoms with Crippen LogP contribution in [0.15, 0.2) is 16.9 Å².